The van der Waals surface area contributed by atoms with E-state index in [1.807, 2.05) is 0 Å². The van der Waals surface area contributed by atoms with E-state index in [0.717, 1.165) is 0 Å². The first kappa shape index (κ1) is 21.6. The summed E-state index contributed by atoms with van der Waals surface area (Å²) in [5.74, 6) is 0. The van der Waals surface area contributed by atoms with Gasteiger partial charge in [0.25, 0.3) is 0 Å². The molecule has 32 heavy (non-hydrogen) atoms. The molecule has 0 aliphatic heterocycles. The van der Waals surface area contributed by atoms with Crippen molar-refractivity contribution >= 4 is 0 Å². The molecule has 0 fully saturated rings. The van der Waals surface area contributed by atoms with Crippen LogP contribution in [0, 0.1) is 0 Å². The maximum Gasteiger partial charge on any atom is 0.417 e. The van der Waals surface area contributed by atoms with Gasteiger partial charge in [0.05, 0.1) is 16.8 Å². The zero-order valence-corrected chi connectivity index (χ0v) is 16.4. The Balaban J connectivity index is 1.99. The molecule has 0 unspecified atom stereocenters. The van der Waals surface area contributed by atoms with Crippen LogP contribution in [0.4, 0.5) is 26.3 Å². The molecule has 162 valence electrons. The van der Waals surface area contributed by atoms with Crippen LogP contribution in [0.1, 0.15) is 11.1 Å². The van der Waals surface area contributed by atoms with Crippen molar-refractivity contribution in [2.75, 3.05) is 0 Å². The Morgan fingerprint density at radius 3 is 1.59 bits per heavy atom. The highest BCUT2D eigenvalue weighted by atomic mass is 19.4. The minimum Gasteiger partial charge on any atom is -0.256 e. The highest BCUT2D eigenvalue weighted by Crippen LogP contribution is 2.45. The van der Waals surface area contributed by atoms with Crippen LogP contribution in [0.25, 0.3) is 33.5 Å². The van der Waals surface area contributed by atoms with Crippen molar-refractivity contribution in [3.63, 3.8) is 0 Å². The van der Waals surface area contributed by atoms with E-state index in [1.165, 1.54) is 48.7 Å². The van der Waals surface area contributed by atoms with Crippen molar-refractivity contribution in [3.05, 3.63) is 102 Å². The van der Waals surface area contributed by atoms with Gasteiger partial charge in [0.1, 0.15) is 0 Å². The van der Waals surface area contributed by atoms with E-state index in [4.69, 9.17) is 0 Å². The van der Waals surface area contributed by atoms with Gasteiger partial charge in [0.15, 0.2) is 0 Å². The summed E-state index contributed by atoms with van der Waals surface area (Å²) in [6, 6.07) is 19.4. The van der Waals surface area contributed by atoms with Crippen LogP contribution in [0.2, 0.25) is 0 Å². The average molecular weight is 443 g/mol. The van der Waals surface area contributed by atoms with E-state index in [1.54, 1.807) is 30.3 Å². The van der Waals surface area contributed by atoms with Crippen molar-refractivity contribution in [1.29, 1.82) is 0 Å². The molecule has 0 spiro atoms. The van der Waals surface area contributed by atoms with Crippen molar-refractivity contribution in [3.8, 4) is 33.5 Å². The summed E-state index contributed by atoms with van der Waals surface area (Å²) in [5, 5.41) is 0. The molecule has 0 saturated carbocycles. The first-order valence-corrected chi connectivity index (χ1v) is 9.54. The molecule has 0 aliphatic rings. The monoisotopic (exact) mass is 443 g/mol. The second-order valence-corrected chi connectivity index (χ2v) is 7.10. The normalized spacial score (nSPS) is 12.1. The average Bonchev–Trinajstić information content (AvgIpc) is 2.78. The zero-order chi connectivity index (χ0) is 22.9. The van der Waals surface area contributed by atoms with Crippen molar-refractivity contribution < 1.29 is 26.3 Å². The predicted molar refractivity (Wildman–Crippen MR) is 111 cm³/mol. The SMILES string of the molecule is FC(F)(F)c1cc(-c2cccc(-c3ccccn3)c2)c(C(F)(F)F)cc1-c1ccccc1. The largest absolute Gasteiger partial charge is 0.417 e. The molecular formula is C25H15F6N. The summed E-state index contributed by atoms with van der Waals surface area (Å²) in [6.45, 7) is 0. The molecule has 7 heteroatoms. The summed E-state index contributed by atoms with van der Waals surface area (Å²) in [6.07, 6.45) is -8.17. The number of alkyl halides is 6. The fourth-order valence-corrected chi connectivity index (χ4v) is 3.54. The number of nitrogens with zero attached hydrogens (tertiary/aromatic N) is 1. The lowest BCUT2D eigenvalue weighted by atomic mass is 9.89. The van der Waals surface area contributed by atoms with Crippen molar-refractivity contribution in [1.82, 2.24) is 4.98 Å². The van der Waals surface area contributed by atoms with E-state index in [0.29, 0.717) is 23.4 Å². The Kier molecular flexibility index (Phi) is 5.50. The van der Waals surface area contributed by atoms with E-state index >= 15 is 0 Å². The molecule has 4 rings (SSSR count). The Morgan fingerprint density at radius 2 is 1.03 bits per heavy atom. The fraction of sp³-hybridized carbons (Fsp3) is 0.0800. The lowest BCUT2D eigenvalue weighted by Gasteiger charge is -2.20. The van der Waals surface area contributed by atoms with Gasteiger partial charge in [-0.3, -0.25) is 4.98 Å². The first-order chi connectivity index (χ1) is 15.1. The van der Waals surface area contributed by atoms with Gasteiger partial charge in [-0.2, -0.15) is 26.3 Å². The maximum absolute atomic E-state index is 14.0. The summed E-state index contributed by atoms with van der Waals surface area (Å²) in [7, 11) is 0. The van der Waals surface area contributed by atoms with Gasteiger partial charge in [-0.15, -0.1) is 0 Å². The minimum atomic E-state index is -4.86. The van der Waals surface area contributed by atoms with Crippen molar-refractivity contribution in [2.45, 2.75) is 12.4 Å². The number of pyridine rings is 1. The van der Waals surface area contributed by atoms with E-state index in [-0.39, 0.29) is 11.1 Å². The number of rotatable bonds is 3. The quantitative estimate of drug-likeness (QED) is 0.291. The molecule has 0 amide bonds. The summed E-state index contributed by atoms with van der Waals surface area (Å²) >= 11 is 0. The number of halogens is 6. The van der Waals surface area contributed by atoms with Crippen LogP contribution in [0.15, 0.2) is 91.1 Å². The van der Waals surface area contributed by atoms with Gasteiger partial charge in [-0.1, -0.05) is 54.6 Å². The standard InChI is InChI=1S/C25H15F6N/c26-24(27,28)21-15-20(17-9-6-10-18(13-17)23-11-4-5-12-32-23)22(25(29,30)31)14-19(21)16-7-2-1-3-8-16/h1-15H. The molecule has 0 aliphatic carbocycles. The van der Waals surface area contributed by atoms with Crippen LogP contribution < -0.4 is 0 Å². The molecule has 0 saturated heterocycles. The minimum absolute atomic E-state index is 0.0191. The third kappa shape index (κ3) is 4.37. The highest BCUT2D eigenvalue weighted by molar-refractivity contribution is 5.79. The van der Waals surface area contributed by atoms with Gasteiger partial charge in [-0.05, 0) is 52.6 Å². The summed E-state index contributed by atoms with van der Waals surface area (Å²) < 4.78 is 83.7. The lowest BCUT2D eigenvalue weighted by molar-refractivity contribution is -0.140. The molecule has 0 bridgehead atoms. The topological polar surface area (TPSA) is 12.9 Å². The van der Waals surface area contributed by atoms with Gasteiger partial charge < -0.3 is 0 Å². The molecule has 0 atom stereocenters. The zero-order valence-electron chi connectivity index (χ0n) is 16.4. The number of hydrogen-bond donors (Lipinski definition) is 0. The Bertz CT molecular complexity index is 1230. The van der Waals surface area contributed by atoms with Crippen LogP contribution in [-0.4, -0.2) is 4.98 Å². The molecule has 1 aromatic heterocycles. The molecule has 0 N–H and O–H groups in total. The van der Waals surface area contributed by atoms with Crippen LogP contribution in [0.3, 0.4) is 0 Å². The maximum atomic E-state index is 14.0. The summed E-state index contributed by atoms with van der Waals surface area (Å²) in [4.78, 5) is 4.16. The second-order valence-electron chi connectivity index (χ2n) is 7.10. The Labute approximate surface area is 180 Å². The van der Waals surface area contributed by atoms with Crippen LogP contribution >= 0.6 is 0 Å². The first-order valence-electron chi connectivity index (χ1n) is 9.54. The third-order valence-electron chi connectivity index (χ3n) is 4.99. The number of hydrogen-bond acceptors (Lipinski definition) is 1. The second kappa shape index (κ2) is 8.15. The lowest BCUT2D eigenvalue weighted by Crippen LogP contribution is -2.13. The van der Waals surface area contributed by atoms with E-state index in [9.17, 15) is 26.3 Å². The van der Waals surface area contributed by atoms with E-state index in [2.05, 4.69) is 4.98 Å². The van der Waals surface area contributed by atoms with Gasteiger partial charge in [0.2, 0.25) is 0 Å². The molecule has 1 heterocycles. The molecular weight excluding hydrogens is 428 g/mol. The van der Waals surface area contributed by atoms with Crippen molar-refractivity contribution in [2.24, 2.45) is 0 Å². The van der Waals surface area contributed by atoms with Crippen LogP contribution in [0.5, 0.6) is 0 Å². The van der Waals surface area contributed by atoms with Gasteiger partial charge in [0, 0.05) is 11.8 Å². The smallest absolute Gasteiger partial charge is 0.256 e. The molecule has 1 nitrogen and oxygen atoms in total. The number of benzene rings is 3. The Morgan fingerprint density at radius 1 is 0.500 bits per heavy atom. The number of aromatic nitrogens is 1. The highest BCUT2D eigenvalue weighted by Gasteiger charge is 2.40. The molecule has 3 aromatic carbocycles. The Hall–Kier alpha value is -3.61. The molecule has 4 aromatic rings. The predicted octanol–water partition coefficient (Wildman–Crippen LogP) is 8.12. The fourth-order valence-electron chi connectivity index (χ4n) is 3.54. The van der Waals surface area contributed by atoms with E-state index < -0.39 is 34.6 Å². The van der Waals surface area contributed by atoms with Crippen LogP contribution in [-0.2, 0) is 12.4 Å². The summed E-state index contributed by atoms with van der Waals surface area (Å²) in [5.41, 5.74) is -2.25. The van der Waals surface area contributed by atoms with Gasteiger partial charge in [-0.25, -0.2) is 0 Å². The third-order valence-corrected chi connectivity index (χ3v) is 4.99. The van der Waals surface area contributed by atoms with Gasteiger partial charge >= 0.3 is 12.4 Å². The molecule has 0 radical (unpaired) electrons.